The number of rotatable bonds is 5. The zero-order chi connectivity index (χ0) is 14.6. The van der Waals surface area contributed by atoms with Crippen LogP contribution in [0, 0.1) is 5.92 Å². The van der Waals surface area contributed by atoms with E-state index in [1.807, 2.05) is 13.8 Å². The van der Waals surface area contributed by atoms with Gasteiger partial charge in [-0.25, -0.2) is 4.98 Å². The second kappa shape index (κ2) is 6.34. The third-order valence-electron chi connectivity index (χ3n) is 2.53. The molecule has 0 aromatic carbocycles. The van der Waals surface area contributed by atoms with Gasteiger partial charge in [-0.15, -0.1) is 0 Å². The summed E-state index contributed by atoms with van der Waals surface area (Å²) in [6.45, 7) is 5.41. The second-order valence-electron chi connectivity index (χ2n) is 5.05. The topological polar surface area (TPSA) is 71.5 Å². The van der Waals surface area contributed by atoms with Crippen molar-refractivity contribution >= 4 is 27.5 Å². The Morgan fingerprint density at radius 3 is 2.74 bits per heavy atom. The van der Waals surface area contributed by atoms with Crippen LogP contribution in [0.4, 0.5) is 5.69 Å². The van der Waals surface area contributed by atoms with Crippen molar-refractivity contribution < 1.29 is 14.6 Å². The van der Waals surface area contributed by atoms with Crippen molar-refractivity contribution in [1.29, 1.82) is 0 Å². The Morgan fingerprint density at radius 1 is 1.58 bits per heavy atom. The molecule has 1 unspecified atom stereocenters. The van der Waals surface area contributed by atoms with Crippen LogP contribution >= 0.6 is 15.9 Å². The molecule has 0 saturated heterocycles. The lowest BCUT2D eigenvalue weighted by Gasteiger charge is -2.24. The largest absolute Gasteiger partial charge is 0.481 e. The Morgan fingerprint density at radius 2 is 2.21 bits per heavy atom. The van der Waals surface area contributed by atoms with Gasteiger partial charge in [0.1, 0.15) is 10.2 Å². The predicted molar refractivity (Wildman–Crippen MR) is 77.2 cm³/mol. The number of halogens is 1. The summed E-state index contributed by atoms with van der Waals surface area (Å²) < 4.78 is 5.56. The van der Waals surface area contributed by atoms with E-state index in [0.29, 0.717) is 22.6 Å². The SMILES string of the molecule is COc1cc(NC(=O)C(C)(O)CC(C)C)cc(Br)n1. The standard InChI is InChI=1S/C13H19BrN2O3/c1-8(2)7-13(3,18)12(17)15-9-5-10(14)16-11(6-9)19-4/h5-6,8,18H,7H2,1-4H3,(H,15,16,17). The summed E-state index contributed by atoms with van der Waals surface area (Å²) in [4.78, 5) is 16.1. The van der Waals surface area contributed by atoms with Crippen molar-refractivity contribution in [2.24, 2.45) is 5.92 Å². The average molecular weight is 331 g/mol. The number of carbonyl (C=O) groups excluding carboxylic acids is 1. The Kier molecular flexibility index (Phi) is 5.31. The maximum Gasteiger partial charge on any atom is 0.256 e. The number of pyridine rings is 1. The minimum absolute atomic E-state index is 0.222. The van der Waals surface area contributed by atoms with E-state index in [0.717, 1.165) is 0 Å². The van der Waals surface area contributed by atoms with Crippen molar-refractivity contribution in [2.75, 3.05) is 12.4 Å². The van der Waals surface area contributed by atoms with Crippen molar-refractivity contribution in [3.8, 4) is 5.88 Å². The van der Waals surface area contributed by atoms with E-state index < -0.39 is 11.5 Å². The molecule has 1 atom stereocenters. The molecule has 0 radical (unpaired) electrons. The highest BCUT2D eigenvalue weighted by molar-refractivity contribution is 9.10. The number of carbonyl (C=O) groups is 1. The van der Waals surface area contributed by atoms with Gasteiger partial charge in [0.25, 0.3) is 5.91 Å². The molecule has 2 N–H and O–H groups in total. The quantitative estimate of drug-likeness (QED) is 0.814. The first kappa shape index (κ1) is 15.9. The highest BCUT2D eigenvalue weighted by Crippen LogP contribution is 2.23. The summed E-state index contributed by atoms with van der Waals surface area (Å²) >= 11 is 3.23. The third-order valence-corrected chi connectivity index (χ3v) is 2.94. The number of methoxy groups -OCH3 is 1. The van der Waals surface area contributed by atoms with Gasteiger partial charge < -0.3 is 15.2 Å². The maximum absolute atomic E-state index is 12.0. The minimum atomic E-state index is -1.41. The van der Waals surface area contributed by atoms with Crippen LogP contribution in [-0.4, -0.2) is 28.7 Å². The third kappa shape index (κ3) is 4.80. The van der Waals surface area contributed by atoms with Gasteiger partial charge in [-0.1, -0.05) is 13.8 Å². The van der Waals surface area contributed by atoms with Crippen molar-refractivity contribution in [2.45, 2.75) is 32.8 Å². The van der Waals surface area contributed by atoms with Crippen LogP contribution in [0.3, 0.4) is 0 Å². The fourth-order valence-corrected chi connectivity index (χ4v) is 2.22. The van der Waals surface area contributed by atoms with Crippen LogP contribution in [0.1, 0.15) is 27.2 Å². The molecule has 1 aromatic rings. The van der Waals surface area contributed by atoms with E-state index in [4.69, 9.17) is 4.74 Å². The Bertz CT molecular complexity index is 461. The number of hydrogen-bond donors (Lipinski definition) is 2. The van der Waals surface area contributed by atoms with Gasteiger partial charge in [-0.05, 0) is 41.3 Å². The first-order chi connectivity index (χ1) is 8.74. The van der Waals surface area contributed by atoms with Crippen molar-refractivity contribution in [1.82, 2.24) is 4.98 Å². The fourth-order valence-electron chi connectivity index (χ4n) is 1.80. The van der Waals surface area contributed by atoms with Gasteiger partial charge in [-0.2, -0.15) is 0 Å². The molecule has 1 aromatic heterocycles. The molecular formula is C13H19BrN2O3. The van der Waals surface area contributed by atoms with Crippen LogP contribution < -0.4 is 10.1 Å². The van der Waals surface area contributed by atoms with Gasteiger partial charge in [0, 0.05) is 11.8 Å². The number of ether oxygens (including phenoxy) is 1. The number of amides is 1. The molecule has 0 aliphatic carbocycles. The number of nitrogens with one attached hydrogen (secondary N) is 1. The summed E-state index contributed by atoms with van der Waals surface area (Å²) in [6, 6.07) is 3.24. The van der Waals surface area contributed by atoms with Crippen LogP contribution in [0.2, 0.25) is 0 Å². The Hall–Kier alpha value is -1.14. The molecule has 1 heterocycles. The van der Waals surface area contributed by atoms with Crippen LogP contribution in [0.15, 0.2) is 16.7 Å². The summed E-state index contributed by atoms with van der Waals surface area (Å²) in [5.74, 6) is 0.161. The highest BCUT2D eigenvalue weighted by Gasteiger charge is 2.31. The molecule has 5 nitrogen and oxygen atoms in total. The summed E-state index contributed by atoms with van der Waals surface area (Å²) in [5, 5.41) is 12.8. The zero-order valence-corrected chi connectivity index (χ0v) is 13.1. The van der Waals surface area contributed by atoms with E-state index in [1.165, 1.54) is 14.0 Å². The van der Waals surface area contributed by atoms with E-state index >= 15 is 0 Å². The molecule has 6 heteroatoms. The van der Waals surface area contributed by atoms with Gasteiger partial charge in [-0.3, -0.25) is 4.79 Å². The molecule has 1 amide bonds. The predicted octanol–water partition coefficient (Wildman–Crippen LogP) is 2.59. The molecule has 106 valence electrons. The van der Waals surface area contributed by atoms with Crippen LogP contribution in [0.5, 0.6) is 5.88 Å². The molecule has 19 heavy (non-hydrogen) atoms. The zero-order valence-electron chi connectivity index (χ0n) is 11.5. The number of hydrogen-bond acceptors (Lipinski definition) is 4. The van der Waals surface area contributed by atoms with E-state index in [9.17, 15) is 9.90 Å². The summed E-state index contributed by atoms with van der Waals surface area (Å²) in [6.07, 6.45) is 0.391. The smallest absolute Gasteiger partial charge is 0.256 e. The maximum atomic E-state index is 12.0. The van der Waals surface area contributed by atoms with Crippen molar-refractivity contribution in [3.63, 3.8) is 0 Å². The molecule has 0 aliphatic rings. The monoisotopic (exact) mass is 330 g/mol. The molecule has 0 aliphatic heterocycles. The van der Waals surface area contributed by atoms with Gasteiger partial charge >= 0.3 is 0 Å². The van der Waals surface area contributed by atoms with E-state index in [2.05, 4.69) is 26.2 Å². The van der Waals surface area contributed by atoms with Gasteiger partial charge in [0.2, 0.25) is 5.88 Å². The van der Waals surface area contributed by atoms with E-state index in [-0.39, 0.29) is 5.92 Å². The Balaban J connectivity index is 2.84. The van der Waals surface area contributed by atoms with Crippen molar-refractivity contribution in [3.05, 3.63) is 16.7 Å². The number of anilines is 1. The number of aliphatic hydroxyl groups is 1. The fraction of sp³-hybridized carbons (Fsp3) is 0.538. The molecule has 1 rings (SSSR count). The van der Waals surface area contributed by atoms with Crippen LogP contribution in [-0.2, 0) is 4.79 Å². The van der Waals surface area contributed by atoms with Gasteiger partial charge in [0.05, 0.1) is 7.11 Å². The first-order valence-electron chi connectivity index (χ1n) is 6.00. The lowest BCUT2D eigenvalue weighted by Crippen LogP contribution is -2.41. The van der Waals surface area contributed by atoms with Gasteiger partial charge in [0.15, 0.2) is 0 Å². The molecule has 0 saturated carbocycles. The average Bonchev–Trinajstić information content (AvgIpc) is 2.26. The molecule has 0 fully saturated rings. The van der Waals surface area contributed by atoms with E-state index in [1.54, 1.807) is 12.1 Å². The van der Waals surface area contributed by atoms with Crippen LogP contribution in [0.25, 0.3) is 0 Å². The minimum Gasteiger partial charge on any atom is -0.481 e. The molecule has 0 spiro atoms. The normalized spacial score (nSPS) is 14.1. The first-order valence-corrected chi connectivity index (χ1v) is 6.79. The second-order valence-corrected chi connectivity index (χ2v) is 5.86. The molecule has 0 bridgehead atoms. The molecular weight excluding hydrogens is 312 g/mol. The number of nitrogens with zero attached hydrogens (tertiary/aromatic N) is 1. The summed E-state index contributed by atoms with van der Waals surface area (Å²) in [5.41, 5.74) is -0.885. The summed E-state index contributed by atoms with van der Waals surface area (Å²) in [7, 11) is 1.50. The highest BCUT2D eigenvalue weighted by atomic mass is 79.9. The number of aromatic nitrogens is 1. The Labute approximate surface area is 121 Å². The lowest BCUT2D eigenvalue weighted by atomic mass is 9.93. The lowest BCUT2D eigenvalue weighted by molar-refractivity contribution is -0.133.